The molecule has 1 spiro atoms. The van der Waals surface area contributed by atoms with Crippen molar-refractivity contribution in [1.29, 1.82) is 0 Å². The van der Waals surface area contributed by atoms with E-state index in [1.807, 2.05) is 43.1 Å². The van der Waals surface area contributed by atoms with Crippen molar-refractivity contribution in [2.45, 2.75) is 93.9 Å². The van der Waals surface area contributed by atoms with Crippen LogP contribution in [0.2, 0.25) is 0 Å². The summed E-state index contributed by atoms with van der Waals surface area (Å²) >= 11 is 0. The predicted molar refractivity (Wildman–Crippen MR) is 218 cm³/mol. The number of aliphatic hydroxyl groups is 2. The van der Waals surface area contributed by atoms with Crippen LogP contribution in [0.4, 0.5) is 5.69 Å². The Morgan fingerprint density at radius 1 is 1.09 bits per heavy atom. The van der Waals surface area contributed by atoms with E-state index in [2.05, 4.69) is 58.3 Å². The Balaban J connectivity index is 1.47. The monoisotopic (exact) mass is 784 g/mol. The van der Waals surface area contributed by atoms with Crippen LogP contribution in [-0.2, 0) is 36.3 Å². The number of hydrogen-bond donors (Lipinski definition) is 5. The largest absolute Gasteiger partial charge is 0.496 e. The van der Waals surface area contributed by atoms with Crippen LogP contribution in [0.3, 0.4) is 0 Å². The topological polar surface area (TPSA) is 166 Å². The first-order valence-corrected chi connectivity index (χ1v) is 20.8. The second-order valence-electron chi connectivity index (χ2n) is 17.0. The Bertz CT molecular complexity index is 2070. The van der Waals surface area contributed by atoms with E-state index in [-0.39, 0.29) is 18.7 Å². The van der Waals surface area contributed by atoms with Gasteiger partial charge in [-0.2, -0.15) is 0 Å². The number of amides is 1. The van der Waals surface area contributed by atoms with Crippen molar-refractivity contribution in [1.82, 2.24) is 20.2 Å². The van der Waals surface area contributed by atoms with Gasteiger partial charge in [-0.15, -0.1) is 0 Å². The van der Waals surface area contributed by atoms with Crippen LogP contribution >= 0.6 is 0 Å². The summed E-state index contributed by atoms with van der Waals surface area (Å²) in [6, 6.07) is 11.4. The number of ether oxygens (including phenoxy) is 3. The predicted octanol–water partition coefficient (Wildman–Crippen LogP) is 3.49. The number of benzene rings is 2. The van der Waals surface area contributed by atoms with Crippen LogP contribution in [0.15, 0.2) is 48.6 Å². The molecular weight excluding hydrogens is 725 g/mol. The number of aromatic amines is 1. The van der Waals surface area contributed by atoms with Crippen molar-refractivity contribution in [2.75, 3.05) is 65.7 Å². The highest BCUT2D eigenvalue weighted by atomic mass is 16.5. The van der Waals surface area contributed by atoms with Crippen molar-refractivity contribution in [3.63, 3.8) is 0 Å². The average molecular weight is 785 g/mol. The lowest BCUT2D eigenvalue weighted by Crippen LogP contribution is -2.82. The molecule has 1 aliphatic carbocycles. The number of nitrogens with zero attached hydrogens (tertiary/aromatic N) is 3. The number of nitrogens with one attached hydrogen (secondary N) is 2. The van der Waals surface area contributed by atoms with E-state index >= 15 is 4.79 Å². The summed E-state index contributed by atoms with van der Waals surface area (Å²) in [5, 5.41) is 24.9. The zero-order valence-corrected chi connectivity index (χ0v) is 34.3. The first-order valence-electron chi connectivity index (χ1n) is 20.8. The number of methoxy groups -OCH3 is 2. The number of likely N-dealkylation sites (N-methyl/N-ethyl adjacent to an activating group) is 1. The highest BCUT2D eigenvalue weighted by Crippen LogP contribution is 2.68. The van der Waals surface area contributed by atoms with Crippen molar-refractivity contribution in [3.05, 3.63) is 70.9 Å². The van der Waals surface area contributed by atoms with E-state index in [0.29, 0.717) is 56.7 Å². The highest BCUT2D eigenvalue weighted by Gasteiger charge is 2.79. The van der Waals surface area contributed by atoms with E-state index in [1.165, 1.54) is 7.11 Å². The van der Waals surface area contributed by atoms with Crippen molar-refractivity contribution in [2.24, 2.45) is 17.2 Å². The molecule has 1 amide bonds. The molecule has 5 aliphatic rings. The molecular formula is C44H60N6O7. The summed E-state index contributed by atoms with van der Waals surface area (Å²) in [4.78, 5) is 40.0. The molecule has 2 fully saturated rings. The summed E-state index contributed by atoms with van der Waals surface area (Å²) in [5.74, 6) is 5.40. The third-order valence-electron chi connectivity index (χ3n) is 14.7. The van der Waals surface area contributed by atoms with Crippen molar-refractivity contribution < 1.29 is 34.0 Å². The number of nitrogens with two attached hydrogens (primary N) is 1. The summed E-state index contributed by atoms with van der Waals surface area (Å²) in [6.07, 6.45) is 7.40. The number of H-pyrrole nitrogens is 1. The van der Waals surface area contributed by atoms with Crippen LogP contribution in [0.1, 0.15) is 75.3 Å². The van der Waals surface area contributed by atoms with Gasteiger partial charge in [0.1, 0.15) is 17.3 Å². The molecule has 3 aromatic rings. The van der Waals surface area contributed by atoms with E-state index in [4.69, 9.17) is 20.1 Å². The number of aromatic nitrogens is 1. The van der Waals surface area contributed by atoms with Crippen LogP contribution in [-0.4, -0.2) is 121 Å². The molecule has 57 heavy (non-hydrogen) atoms. The molecule has 8 rings (SSSR count). The molecule has 6 N–H and O–H groups in total. The van der Waals surface area contributed by atoms with Gasteiger partial charge in [0.2, 0.25) is 0 Å². The van der Waals surface area contributed by atoms with Gasteiger partial charge in [-0.05, 0) is 74.8 Å². The van der Waals surface area contributed by atoms with Crippen molar-refractivity contribution in [3.8, 4) is 5.75 Å². The fraction of sp³-hybridized carbons (Fsp3) is 0.591. The SMILES string of the molecule is CCC[C@@H]1CN(CO)CCc2c([nH]c3ccccc23)[C@@](C(=O)OC)(c2cc3c(cc2OC)N(C)[C@H]2[C@@](O)(C(=O)NN)[C@H](OCC)[C@]4(CC)C=CCN5CC[C@]32[C@@H]54)C1. The molecule has 0 unspecified atom stereocenters. The fourth-order valence-electron chi connectivity index (χ4n) is 12.7. The van der Waals surface area contributed by atoms with Gasteiger partial charge in [0.05, 0.1) is 27.0 Å². The number of rotatable bonds is 10. The zero-order valence-electron chi connectivity index (χ0n) is 34.3. The summed E-state index contributed by atoms with van der Waals surface area (Å²) in [5.41, 5.74) is 2.51. The quantitative estimate of drug-likeness (QED) is 0.0672. The number of hydrogen-bond acceptors (Lipinski definition) is 11. The number of anilines is 1. The fourth-order valence-corrected chi connectivity index (χ4v) is 12.7. The summed E-state index contributed by atoms with van der Waals surface area (Å²) in [7, 11) is 5.01. The van der Waals surface area contributed by atoms with E-state index in [9.17, 15) is 15.0 Å². The normalized spacial score (nSPS) is 33.5. The Kier molecular flexibility index (Phi) is 10.3. The van der Waals surface area contributed by atoms with Crippen molar-refractivity contribution >= 4 is 28.5 Å². The lowest BCUT2D eigenvalue weighted by atomic mass is 9.47. The van der Waals surface area contributed by atoms with Gasteiger partial charge in [0, 0.05) is 84.1 Å². The molecule has 1 aromatic heterocycles. The summed E-state index contributed by atoms with van der Waals surface area (Å²) in [6.45, 7) is 9.05. The van der Waals surface area contributed by atoms with Crippen LogP contribution < -0.4 is 20.9 Å². The van der Waals surface area contributed by atoms with Crippen LogP contribution in [0.25, 0.3) is 10.9 Å². The average Bonchev–Trinajstić information content (AvgIpc) is 3.89. The first-order chi connectivity index (χ1) is 27.5. The smallest absolute Gasteiger partial charge is 0.322 e. The molecule has 4 aliphatic heterocycles. The molecule has 308 valence electrons. The van der Waals surface area contributed by atoms with Gasteiger partial charge >= 0.3 is 5.97 Å². The van der Waals surface area contributed by atoms with Crippen LogP contribution in [0.5, 0.6) is 5.75 Å². The first kappa shape index (κ1) is 39.8. The molecule has 13 heteroatoms. The lowest BCUT2D eigenvalue weighted by Gasteiger charge is -2.64. The van der Waals surface area contributed by atoms with E-state index in [1.54, 1.807) is 7.11 Å². The van der Waals surface area contributed by atoms with E-state index < -0.39 is 45.9 Å². The minimum absolute atomic E-state index is 0.00308. The third kappa shape index (κ3) is 5.28. The highest BCUT2D eigenvalue weighted by molar-refractivity contribution is 5.95. The summed E-state index contributed by atoms with van der Waals surface area (Å²) < 4.78 is 18.9. The molecule has 2 aromatic carbocycles. The second kappa shape index (κ2) is 14.7. The molecule has 13 nitrogen and oxygen atoms in total. The Hall–Kier alpha value is -3.98. The second-order valence-corrected chi connectivity index (χ2v) is 17.0. The van der Waals surface area contributed by atoms with E-state index in [0.717, 1.165) is 59.3 Å². The lowest BCUT2D eigenvalue weighted by molar-refractivity contribution is -0.217. The van der Waals surface area contributed by atoms with Gasteiger partial charge in [0.25, 0.3) is 5.91 Å². The maximum atomic E-state index is 15.2. The number of aliphatic hydroxyl groups excluding tert-OH is 1. The van der Waals surface area contributed by atoms with Gasteiger partial charge in [-0.1, -0.05) is 50.6 Å². The third-order valence-corrected chi connectivity index (χ3v) is 14.7. The number of carbonyl (C=O) groups is 2. The van der Waals surface area contributed by atoms with Crippen LogP contribution in [0, 0.1) is 11.3 Å². The maximum Gasteiger partial charge on any atom is 0.322 e. The Morgan fingerprint density at radius 3 is 2.56 bits per heavy atom. The van der Waals surface area contributed by atoms with Gasteiger partial charge in [-0.25, -0.2) is 5.84 Å². The van der Waals surface area contributed by atoms with Gasteiger partial charge in [0.15, 0.2) is 5.60 Å². The molecule has 1 saturated carbocycles. The maximum absolute atomic E-state index is 15.2. The number of hydrazine groups is 1. The Morgan fingerprint density at radius 2 is 1.88 bits per heavy atom. The Labute approximate surface area is 335 Å². The number of fused-ring (bicyclic) bond motifs is 4. The minimum atomic E-state index is -2.07. The van der Waals surface area contributed by atoms with Gasteiger partial charge in [-0.3, -0.25) is 24.8 Å². The molecule has 8 atom stereocenters. The molecule has 5 heterocycles. The molecule has 1 saturated heterocycles. The number of para-hydroxylation sites is 1. The minimum Gasteiger partial charge on any atom is -0.496 e. The van der Waals surface area contributed by atoms with Gasteiger partial charge < -0.3 is 34.3 Å². The number of carbonyl (C=O) groups excluding carboxylic acids is 2. The zero-order chi connectivity index (χ0) is 40.5. The number of esters is 1. The standard InChI is InChI=1S/C44H60N6O7/c1-7-13-27-24-43(40(53)56-6,35-29(16-20-49(25-27)26-51)28-14-10-11-15-32(28)46-35)31-22-30-33(23-34(31)55-5)48(4)37-42(30)18-21-50-19-12-17-41(8-2,36(42)50)38(57-9-3)44(37,54)39(52)47-45/h10-12,14-15,17,22-23,27,36-38,46,51,54H,7-9,13,16,18-21,24-26,45H2,1-6H3,(H,47,52)/t27-,36-,37+,38+,41+,42+,43-,44-/m0/s1. The molecule has 0 radical (unpaired) electrons. The molecule has 0 bridgehead atoms.